The van der Waals surface area contributed by atoms with Crippen molar-refractivity contribution in [1.29, 1.82) is 0 Å². The molecule has 0 amide bonds. The van der Waals surface area contributed by atoms with Crippen LogP contribution in [0.5, 0.6) is 0 Å². The Bertz CT molecular complexity index is 877. The minimum absolute atomic E-state index is 0.167. The van der Waals surface area contributed by atoms with Crippen molar-refractivity contribution in [3.63, 3.8) is 0 Å². The van der Waals surface area contributed by atoms with Gasteiger partial charge in [-0.25, -0.2) is 4.79 Å². The van der Waals surface area contributed by atoms with Crippen molar-refractivity contribution < 1.29 is 27.6 Å². The van der Waals surface area contributed by atoms with E-state index >= 15 is 0 Å². The fraction of sp³-hybridized carbons (Fsp3) is 0.143. The summed E-state index contributed by atoms with van der Waals surface area (Å²) >= 11 is 0. The summed E-state index contributed by atoms with van der Waals surface area (Å²) in [6.45, 7) is 1.66. The third-order valence-electron chi connectivity index (χ3n) is 3.29. The van der Waals surface area contributed by atoms with E-state index in [1.807, 2.05) is 0 Å². The molecule has 114 valence electrons. The molecule has 0 bridgehead atoms. The van der Waals surface area contributed by atoms with E-state index in [4.69, 9.17) is 5.11 Å². The molecule has 2 N–H and O–H groups in total. The third-order valence-corrected chi connectivity index (χ3v) is 3.29. The molecule has 0 unspecified atom stereocenters. The van der Waals surface area contributed by atoms with Crippen LogP contribution in [-0.2, 0) is 6.18 Å². The number of hydrogen-bond acceptors (Lipinski definition) is 3. The van der Waals surface area contributed by atoms with Crippen molar-refractivity contribution in [1.82, 2.24) is 10.1 Å². The number of H-pyrrole nitrogens is 1. The average Bonchev–Trinajstić information content (AvgIpc) is 2.99. The van der Waals surface area contributed by atoms with Gasteiger partial charge in [0.15, 0.2) is 0 Å². The highest BCUT2D eigenvalue weighted by molar-refractivity contribution is 5.98. The van der Waals surface area contributed by atoms with Gasteiger partial charge in [0.1, 0.15) is 5.69 Å². The van der Waals surface area contributed by atoms with Crippen LogP contribution in [0.4, 0.5) is 13.2 Å². The Hall–Kier alpha value is -2.77. The first-order valence-electron chi connectivity index (χ1n) is 6.17. The van der Waals surface area contributed by atoms with E-state index in [-0.39, 0.29) is 11.5 Å². The van der Waals surface area contributed by atoms with Gasteiger partial charge >= 0.3 is 12.1 Å². The molecule has 0 saturated heterocycles. The van der Waals surface area contributed by atoms with Gasteiger partial charge < -0.3 is 14.6 Å². The molecule has 0 aliphatic rings. The number of carbonyl (C=O) groups is 1. The Morgan fingerprint density at radius 2 is 2.05 bits per heavy atom. The number of rotatable bonds is 2. The van der Waals surface area contributed by atoms with Gasteiger partial charge in [0.2, 0.25) is 5.76 Å². The number of aromatic nitrogens is 2. The Morgan fingerprint density at radius 1 is 1.32 bits per heavy atom. The number of hydrogen-bond donors (Lipinski definition) is 2. The first kappa shape index (κ1) is 14.2. The number of carboxylic acids is 1. The number of halogens is 3. The fourth-order valence-electron chi connectivity index (χ4n) is 2.33. The maximum Gasteiger partial charge on any atom is 0.416 e. The van der Waals surface area contributed by atoms with Crippen LogP contribution in [-0.4, -0.2) is 21.2 Å². The molecule has 8 heteroatoms. The van der Waals surface area contributed by atoms with Crippen LogP contribution in [0.3, 0.4) is 0 Å². The smallest absolute Gasteiger partial charge is 0.416 e. The van der Waals surface area contributed by atoms with Crippen molar-refractivity contribution in [2.75, 3.05) is 0 Å². The number of benzene rings is 1. The zero-order chi connectivity index (χ0) is 16.1. The third kappa shape index (κ3) is 2.22. The second-order valence-corrected chi connectivity index (χ2v) is 4.76. The summed E-state index contributed by atoms with van der Waals surface area (Å²) in [4.78, 5) is 13.8. The largest absolute Gasteiger partial charge is 0.475 e. The van der Waals surface area contributed by atoms with Gasteiger partial charge in [-0.15, -0.1) is 0 Å². The predicted octanol–water partition coefficient (Wildman–Crippen LogP) is 3.85. The Balaban J connectivity index is 2.23. The number of alkyl halides is 3. The SMILES string of the molecule is Cc1[nH]c2ccc(C(F)(F)F)cc2c1-c1cc(C(=O)O)on1. The van der Waals surface area contributed by atoms with E-state index in [2.05, 4.69) is 14.7 Å². The number of fused-ring (bicyclic) bond motifs is 1. The summed E-state index contributed by atoms with van der Waals surface area (Å²) < 4.78 is 43.2. The molecule has 0 saturated carbocycles. The number of aryl methyl sites for hydroxylation is 1. The molecule has 2 aromatic heterocycles. The molecule has 0 radical (unpaired) electrons. The topological polar surface area (TPSA) is 79.1 Å². The van der Waals surface area contributed by atoms with Gasteiger partial charge in [0.05, 0.1) is 5.56 Å². The molecule has 0 spiro atoms. The van der Waals surface area contributed by atoms with Crippen LogP contribution in [0.2, 0.25) is 0 Å². The van der Waals surface area contributed by atoms with Crippen LogP contribution in [0.1, 0.15) is 21.8 Å². The van der Waals surface area contributed by atoms with Gasteiger partial charge in [-0.2, -0.15) is 13.2 Å². The molecule has 5 nitrogen and oxygen atoms in total. The van der Waals surface area contributed by atoms with Crippen LogP contribution >= 0.6 is 0 Å². The molecule has 0 fully saturated rings. The average molecular weight is 310 g/mol. The molecule has 3 aromatic rings. The van der Waals surface area contributed by atoms with Crippen molar-refractivity contribution >= 4 is 16.9 Å². The summed E-state index contributed by atoms with van der Waals surface area (Å²) in [5.74, 6) is -1.68. The van der Waals surface area contributed by atoms with Crippen molar-refractivity contribution in [2.24, 2.45) is 0 Å². The van der Waals surface area contributed by atoms with Crippen molar-refractivity contribution in [3.8, 4) is 11.3 Å². The monoisotopic (exact) mass is 310 g/mol. The Labute approximate surface area is 121 Å². The highest BCUT2D eigenvalue weighted by atomic mass is 19.4. The number of aromatic amines is 1. The van der Waals surface area contributed by atoms with Crippen molar-refractivity contribution in [2.45, 2.75) is 13.1 Å². The molecule has 22 heavy (non-hydrogen) atoms. The number of nitrogens with zero attached hydrogens (tertiary/aromatic N) is 1. The van der Waals surface area contributed by atoms with Gasteiger partial charge in [-0.3, -0.25) is 0 Å². The zero-order valence-electron chi connectivity index (χ0n) is 11.2. The molecule has 1 aromatic carbocycles. The molecule has 3 rings (SSSR count). The lowest BCUT2D eigenvalue weighted by molar-refractivity contribution is -0.137. The fourth-order valence-corrected chi connectivity index (χ4v) is 2.33. The second kappa shape index (κ2) is 4.62. The number of nitrogens with one attached hydrogen (secondary N) is 1. The predicted molar refractivity (Wildman–Crippen MR) is 70.5 cm³/mol. The van der Waals surface area contributed by atoms with Gasteiger partial charge in [0.25, 0.3) is 0 Å². The van der Waals surface area contributed by atoms with Crippen LogP contribution in [0.15, 0.2) is 28.8 Å². The normalized spacial score (nSPS) is 12.0. The van der Waals surface area contributed by atoms with Crippen LogP contribution < -0.4 is 0 Å². The summed E-state index contributed by atoms with van der Waals surface area (Å²) in [5.41, 5.74) is 0.833. The van der Waals surface area contributed by atoms with Crippen LogP contribution in [0, 0.1) is 6.92 Å². The second-order valence-electron chi connectivity index (χ2n) is 4.76. The van der Waals surface area contributed by atoms with E-state index in [9.17, 15) is 18.0 Å². The zero-order valence-corrected chi connectivity index (χ0v) is 11.2. The first-order valence-corrected chi connectivity index (χ1v) is 6.17. The number of aromatic carboxylic acids is 1. The quantitative estimate of drug-likeness (QED) is 0.753. The standard InChI is InChI=1S/C14H9F3N2O3/c1-6-12(10-5-11(13(20)21)22-19-10)8-4-7(14(15,16)17)2-3-9(8)18-6/h2-5,18H,1H3,(H,20,21). The highest BCUT2D eigenvalue weighted by Crippen LogP contribution is 2.36. The van der Waals surface area contributed by atoms with Crippen LogP contribution in [0.25, 0.3) is 22.2 Å². The molecule has 0 aliphatic carbocycles. The molecule has 2 heterocycles. The summed E-state index contributed by atoms with van der Waals surface area (Å²) in [6.07, 6.45) is -4.47. The van der Waals surface area contributed by atoms with Gasteiger partial charge in [-0.05, 0) is 25.1 Å². The lowest BCUT2D eigenvalue weighted by Crippen LogP contribution is -2.04. The van der Waals surface area contributed by atoms with E-state index in [1.54, 1.807) is 6.92 Å². The Kier molecular flexibility index (Phi) is 2.98. The Morgan fingerprint density at radius 3 is 2.64 bits per heavy atom. The maximum atomic E-state index is 12.8. The minimum Gasteiger partial charge on any atom is -0.475 e. The van der Waals surface area contributed by atoms with E-state index in [1.165, 1.54) is 12.1 Å². The lowest BCUT2D eigenvalue weighted by Gasteiger charge is -2.06. The van der Waals surface area contributed by atoms with Crippen molar-refractivity contribution in [3.05, 3.63) is 41.3 Å². The highest BCUT2D eigenvalue weighted by Gasteiger charge is 2.31. The molecule has 0 atom stereocenters. The number of carboxylic acid groups (broad SMARTS) is 1. The lowest BCUT2D eigenvalue weighted by atomic mass is 10.0. The molecular formula is C14H9F3N2O3. The maximum absolute atomic E-state index is 12.8. The van der Waals surface area contributed by atoms with E-state index < -0.39 is 17.7 Å². The molecular weight excluding hydrogens is 301 g/mol. The first-order chi connectivity index (χ1) is 10.3. The van der Waals surface area contributed by atoms with E-state index in [0.29, 0.717) is 22.2 Å². The summed E-state index contributed by atoms with van der Waals surface area (Å²) in [5, 5.41) is 12.8. The minimum atomic E-state index is -4.47. The summed E-state index contributed by atoms with van der Waals surface area (Å²) in [6, 6.07) is 4.49. The van der Waals surface area contributed by atoms with E-state index in [0.717, 1.165) is 12.1 Å². The summed E-state index contributed by atoms with van der Waals surface area (Å²) in [7, 11) is 0. The molecule has 0 aliphatic heterocycles. The van der Waals surface area contributed by atoms with Gasteiger partial charge in [-0.1, -0.05) is 5.16 Å². The van der Waals surface area contributed by atoms with Gasteiger partial charge in [0, 0.05) is 28.2 Å².